The molecule has 0 bridgehead atoms. The monoisotopic (exact) mass is 341 g/mol. The summed E-state index contributed by atoms with van der Waals surface area (Å²) >= 11 is 2.15. The Labute approximate surface area is 118 Å². The zero-order valence-electron chi connectivity index (χ0n) is 10.9. The Hall–Kier alpha value is -0.900. The molecule has 0 fully saturated rings. The molecule has 0 saturated heterocycles. The first-order chi connectivity index (χ1) is 8.36. The standard InChI is InChI=1S/C12H11N.C2H6.CH3I/c1-10-7-8-12(9-13-10)11-5-3-2-4-6-11;2*1-2/h2-9H,1H3;1-2H3;1H3. The zero-order chi connectivity index (χ0) is 13.1. The highest BCUT2D eigenvalue weighted by atomic mass is 127. The minimum absolute atomic E-state index is 1.06. The van der Waals surface area contributed by atoms with Crippen LogP contribution in [0.25, 0.3) is 11.1 Å². The maximum atomic E-state index is 4.26. The first-order valence-corrected chi connectivity index (χ1v) is 7.88. The van der Waals surface area contributed by atoms with Gasteiger partial charge in [-0.25, -0.2) is 0 Å². The molecule has 0 spiro atoms. The van der Waals surface area contributed by atoms with E-state index in [-0.39, 0.29) is 0 Å². The minimum Gasteiger partial charge on any atom is -0.261 e. The summed E-state index contributed by atoms with van der Waals surface area (Å²) in [5.74, 6) is 0. The molecule has 92 valence electrons. The molecule has 2 rings (SSSR count). The zero-order valence-corrected chi connectivity index (χ0v) is 13.1. The normalized spacial score (nSPS) is 8.29. The predicted octanol–water partition coefficient (Wildman–Crippen LogP) is 5.13. The lowest BCUT2D eigenvalue weighted by atomic mass is 10.1. The second kappa shape index (κ2) is 10.3. The van der Waals surface area contributed by atoms with Crippen LogP contribution in [-0.2, 0) is 0 Å². The Balaban J connectivity index is 0.000000581. The topological polar surface area (TPSA) is 12.9 Å². The van der Waals surface area contributed by atoms with Gasteiger partial charge in [-0.3, -0.25) is 4.98 Å². The average molecular weight is 341 g/mol. The second-order valence-corrected chi connectivity index (χ2v) is 3.05. The van der Waals surface area contributed by atoms with Crippen molar-refractivity contribution in [3.8, 4) is 11.1 Å². The summed E-state index contributed by atoms with van der Waals surface area (Å²) in [5, 5.41) is 0. The molecule has 1 aromatic heterocycles. The highest BCUT2D eigenvalue weighted by molar-refractivity contribution is 14.1. The fourth-order valence-electron chi connectivity index (χ4n) is 1.27. The van der Waals surface area contributed by atoms with Gasteiger partial charge >= 0.3 is 0 Å². The van der Waals surface area contributed by atoms with E-state index in [1.165, 1.54) is 11.1 Å². The first kappa shape index (κ1) is 16.1. The van der Waals surface area contributed by atoms with Gasteiger partial charge in [-0.1, -0.05) is 72.8 Å². The van der Waals surface area contributed by atoms with Crippen molar-refractivity contribution in [3.05, 3.63) is 54.4 Å². The Bertz CT molecular complexity index is 381. The van der Waals surface area contributed by atoms with Crippen LogP contribution >= 0.6 is 22.6 Å². The maximum absolute atomic E-state index is 4.26. The van der Waals surface area contributed by atoms with Gasteiger partial charge in [0.05, 0.1) is 0 Å². The molecule has 17 heavy (non-hydrogen) atoms. The van der Waals surface area contributed by atoms with Crippen molar-refractivity contribution >= 4 is 22.6 Å². The number of aromatic nitrogens is 1. The molecule has 0 aliphatic heterocycles. The van der Waals surface area contributed by atoms with E-state index in [1.54, 1.807) is 0 Å². The lowest BCUT2D eigenvalue weighted by Crippen LogP contribution is -1.81. The van der Waals surface area contributed by atoms with Crippen molar-refractivity contribution in [2.45, 2.75) is 20.8 Å². The molecule has 1 heterocycles. The summed E-state index contributed by atoms with van der Waals surface area (Å²) in [5.41, 5.74) is 3.45. The van der Waals surface area contributed by atoms with Crippen molar-refractivity contribution in [2.75, 3.05) is 4.93 Å². The number of hydrogen-bond acceptors (Lipinski definition) is 1. The molecule has 0 aliphatic rings. The van der Waals surface area contributed by atoms with E-state index in [0.717, 1.165) is 5.69 Å². The highest BCUT2D eigenvalue weighted by Gasteiger charge is 1.94. The van der Waals surface area contributed by atoms with E-state index in [2.05, 4.69) is 45.8 Å². The molecule has 0 radical (unpaired) electrons. The number of benzene rings is 1. The number of aryl methyl sites for hydroxylation is 1. The molecular formula is C15H20IN. The van der Waals surface area contributed by atoms with Gasteiger partial charge in [0.2, 0.25) is 0 Å². The van der Waals surface area contributed by atoms with Crippen molar-refractivity contribution in [1.82, 2.24) is 4.98 Å². The van der Waals surface area contributed by atoms with Gasteiger partial charge in [0.25, 0.3) is 0 Å². The highest BCUT2D eigenvalue weighted by Crippen LogP contribution is 2.17. The number of halogens is 1. The summed E-state index contributed by atoms with van der Waals surface area (Å²) in [6.45, 7) is 5.99. The Morgan fingerprint density at radius 1 is 0.824 bits per heavy atom. The number of alkyl halides is 1. The van der Waals surface area contributed by atoms with Crippen LogP contribution in [0, 0.1) is 6.92 Å². The fourth-order valence-corrected chi connectivity index (χ4v) is 1.27. The summed E-state index contributed by atoms with van der Waals surface area (Å²) in [6.07, 6.45) is 1.91. The number of hydrogen-bond donors (Lipinski definition) is 0. The van der Waals surface area contributed by atoms with Crippen LogP contribution < -0.4 is 0 Å². The predicted molar refractivity (Wildman–Crippen MR) is 85.7 cm³/mol. The lowest BCUT2D eigenvalue weighted by Gasteiger charge is -2.00. The van der Waals surface area contributed by atoms with E-state index in [4.69, 9.17) is 0 Å². The molecule has 1 aromatic carbocycles. The Kier molecular flexibility index (Phi) is 9.72. The van der Waals surface area contributed by atoms with Crippen LogP contribution in [0.3, 0.4) is 0 Å². The third-order valence-electron chi connectivity index (χ3n) is 2.02. The third-order valence-corrected chi connectivity index (χ3v) is 2.02. The molecule has 2 aromatic rings. The van der Waals surface area contributed by atoms with E-state index < -0.39 is 0 Å². The SMILES string of the molecule is CC.CI.Cc1ccc(-c2ccccc2)cn1. The first-order valence-electron chi connectivity index (χ1n) is 5.72. The summed E-state index contributed by atoms with van der Waals surface area (Å²) in [7, 11) is 0. The molecule has 0 N–H and O–H groups in total. The van der Waals surface area contributed by atoms with Crippen molar-refractivity contribution in [1.29, 1.82) is 0 Å². The van der Waals surface area contributed by atoms with Crippen LogP contribution in [-0.4, -0.2) is 9.91 Å². The van der Waals surface area contributed by atoms with Crippen LogP contribution in [0.1, 0.15) is 19.5 Å². The quantitative estimate of drug-likeness (QED) is 0.517. The van der Waals surface area contributed by atoms with E-state index in [9.17, 15) is 0 Å². The number of rotatable bonds is 1. The van der Waals surface area contributed by atoms with Crippen molar-refractivity contribution in [2.24, 2.45) is 0 Å². The molecule has 0 amide bonds. The molecule has 1 nitrogen and oxygen atoms in total. The average Bonchev–Trinajstić information content (AvgIpc) is 2.45. The van der Waals surface area contributed by atoms with E-state index >= 15 is 0 Å². The molecule has 2 heteroatoms. The van der Waals surface area contributed by atoms with Gasteiger partial charge in [0.15, 0.2) is 0 Å². The van der Waals surface area contributed by atoms with Gasteiger partial charge in [-0.2, -0.15) is 0 Å². The second-order valence-electron chi connectivity index (χ2n) is 3.05. The van der Waals surface area contributed by atoms with Crippen molar-refractivity contribution < 1.29 is 0 Å². The maximum Gasteiger partial charge on any atom is 0.0373 e. The number of nitrogens with zero attached hydrogens (tertiary/aromatic N) is 1. The van der Waals surface area contributed by atoms with Crippen molar-refractivity contribution in [3.63, 3.8) is 0 Å². The van der Waals surface area contributed by atoms with E-state index in [0.29, 0.717) is 0 Å². The Morgan fingerprint density at radius 3 is 1.88 bits per heavy atom. The Morgan fingerprint density at radius 2 is 1.41 bits per heavy atom. The van der Waals surface area contributed by atoms with Crippen LogP contribution in [0.2, 0.25) is 0 Å². The molecule has 0 unspecified atom stereocenters. The molecule has 0 saturated carbocycles. The summed E-state index contributed by atoms with van der Waals surface area (Å²) < 4.78 is 0. The molecule has 0 aliphatic carbocycles. The number of pyridine rings is 1. The molecular weight excluding hydrogens is 321 g/mol. The summed E-state index contributed by atoms with van der Waals surface area (Å²) in [4.78, 5) is 6.23. The van der Waals surface area contributed by atoms with Gasteiger partial charge < -0.3 is 0 Å². The van der Waals surface area contributed by atoms with Gasteiger partial charge in [0, 0.05) is 17.5 Å². The molecule has 0 atom stereocenters. The van der Waals surface area contributed by atoms with Crippen LogP contribution in [0.15, 0.2) is 48.7 Å². The third kappa shape index (κ3) is 5.82. The van der Waals surface area contributed by atoms with Gasteiger partial charge in [-0.05, 0) is 23.5 Å². The fraction of sp³-hybridized carbons (Fsp3) is 0.267. The minimum atomic E-state index is 1.06. The van der Waals surface area contributed by atoms with Gasteiger partial charge in [-0.15, -0.1) is 0 Å². The summed E-state index contributed by atoms with van der Waals surface area (Å²) in [6, 6.07) is 14.4. The van der Waals surface area contributed by atoms with E-state index in [1.807, 2.05) is 56.2 Å². The van der Waals surface area contributed by atoms with Crippen LogP contribution in [0.4, 0.5) is 0 Å². The van der Waals surface area contributed by atoms with Gasteiger partial charge in [0.1, 0.15) is 0 Å². The largest absolute Gasteiger partial charge is 0.261 e. The van der Waals surface area contributed by atoms with Crippen LogP contribution in [0.5, 0.6) is 0 Å². The lowest BCUT2D eigenvalue weighted by molar-refractivity contribution is 1.20. The smallest absolute Gasteiger partial charge is 0.0373 e.